The minimum absolute atomic E-state index is 0. The van der Waals surface area contributed by atoms with Gasteiger partial charge in [-0.1, -0.05) is 12.1 Å². The summed E-state index contributed by atoms with van der Waals surface area (Å²) >= 11 is 0. The Morgan fingerprint density at radius 3 is 2.41 bits per heavy atom. The van der Waals surface area contributed by atoms with Gasteiger partial charge in [-0.3, -0.25) is 4.79 Å². The highest BCUT2D eigenvalue weighted by Crippen LogP contribution is 2.27. The highest BCUT2D eigenvalue weighted by atomic mass is 35.5. The molecule has 1 aromatic carbocycles. The van der Waals surface area contributed by atoms with Gasteiger partial charge in [-0.2, -0.15) is 0 Å². The molecule has 2 aliphatic rings. The number of nitrogens with zero attached hydrogens (tertiary/aromatic N) is 1. The highest BCUT2D eigenvalue weighted by Gasteiger charge is 2.25. The van der Waals surface area contributed by atoms with Gasteiger partial charge in [0.25, 0.3) is 5.91 Å². The number of hydrogen-bond donors (Lipinski definition) is 1. The van der Waals surface area contributed by atoms with E-state index in [0.29, 0.717) is 11.6 Å². The first kappa shape index (κ1) is 17.1. The van der Waals surface area contributed by atoms with Crippen LogP contribution in [0.5, 0.6) is 5.75 Å². The smallest absolute Gasteiger partial charge is 0.257 e. The number of carbonyl (C=O) groups excluding carboxylic acids is 1. The topological polar surface area (TPSA) is 55.6 Å². The second kappa shape index (κ2) is 7.84. The van der Waals surface area contributed by atoms with Crippen LogP contribution in [0.2, 0.25) is 0 Å². The summed E-state index contributed by atoms with van der Waals surface area (Å²) in [6.45, 7) is 1.73. The van der Waals surface area contributed by atoms with E-state index in [4.69, 9.17) is 10.5 Å². The Balaban J connectivity index is 0.00000176. The molecule has 0 atom stereocenters. The van der Waals surface area contributed by atoms with E-state index < -0.39 is 0 Å². The van der Waals surface area contributed by atoms with E-state index in [-0.39, 0.29) is 24.4 Å². The molecule has 122 valence electrons. The largest absolute Gasteiger partial charge is 0.490 e. The third-order valence-corrected chi connectivity index (χ3v) is 4.52. The van der Waals surface area contributed by atoms with Gasteiger partial charge in [0.1, 0.15) is 5.75 Å². The van der Waals surface area contributed by atoms with Gasteiger partial charge in [0.2, 0.25) is 0 Å². The van der Waals surface area contributed by atoms with Crippen molar-refractivity contribution in [3.05, 3.63) is 29.8 Å². The maximum atomic E-state index is 12.6. The summed E-state index contributed by atoms with van der Waals surface area (Å²) in [6.07, 6.45) is 6.38. The molecular weight excluding hydrogens is 300 g/mol. The van der Waals surface area contributed by atoms with Crippen molar-refractivity contribution in [3.8, 4) is 5.75 Å². The van der Waals surface area contributed by atoms with E-state index in [2.05, 4.69) is 0 Å². The lowest BCUT2D eigenvalue weighted by Crippen LogP contribution is -2.32. The van der Waals surface area contributed by atoms with Crippen LogP contribution in [0.4, 0.5) is 0 Å². The molecule has 1 aliphatic heterocycles. The molecule has 3 rings (SSSR count). The van der Waals surface area contributed by atoms with Gasteiger partial charge in [0.15, 0.2) is 0 Å². The van der Waals surface area contributed by atoms with Gasteiger partial charge in [-0.05, 0) is 50.7 Å². The fourth-order valence-corrected chi connectivity index (χ4v) is 3.22. The van der Waals surface area contributed by atoms with Gasteiger partial charge in [0, 0.05) is 19.1 Å². The molecule has 0 spiro atoms. The van der Waals surface area contributed by atoms with Crippen molar-refractivity contribution >= 4 is 18.3 Å². The number of halogens is 1. The minimum Gasteiger partial charge on any atom is -0.490 e. The van der Waals surface area contributed by atoms with Crippen LogP contribution in [0.25, 0.3) is 0 Å². The number of benzene rings is 1. The number of nitrogens with two attached hydrogens (primary N) is 1. The quantitative estimate of drug-likeness (QED) is 0.930. The molecule has 0 radical (unpaired) electrons. The van der Waals surface area contributed by atoms with Crippen LogP contribution in [0.1, 0.15) is 48.9 Å². The molecule has 1 amide bonds. The van der Waals surface area contributed by atoms with Crippen molar-refractivity contribution in [2.24, 2.45) is 5.73 Å². The van der Waals surface area contributed by atoms with Crippen molar-refractivity contribution in [2.45, 2.75) is 50.7 Å². The first-order valence-electron chi connectivity index (χ1n) is 8.04. The number of likely N-dealkylation sites (tertiary alicyclic amines) is 1. The zero-order valence-electron chi connectivity index (χ0n) is 12.9. The van der Waals surface area contributed by atoms with Crippen molar-refractivity contribution in [1.82, 2.24) is 4.90 Å². The molecule has 2 fully saturated rings. The van der Waals surface area contributed by atoms with Crippen LogP contribution >= 0.6 is 12.4 Å². The Hall–Kier alpha value is -1.26. The molecular formula is C17H25ClN2O2. The third kappa shape index (κ3) is 3.93. The molecule has 1 aliphatic carbocycles. The van der Waals surface area contributed by atoms with Crippen LogP contribution in [0.3, 0.4) is 0 Å². The standard InChI is InChI=1S/C17H24N2O2.ClH/c18-13-7-9-14(10-8-13)21-16-6-2-1-5-15(16)17(20)19-11-3-4-12-19;/h1-2,5-6,13-14H,3-4,7-12,18H2;1H. The number of para-hydroxylation sites is 1. The molecule has 0 unspecified atom stereocenters. The van der Waals surface area contributed by atoms with Gasteiger partial charge >= 0.3 is 0 Å². The maximum Gasteiger partial charge on any atom is 0.257 e. The van der Waals surface area contributed by atoms with Crippen LogP contribution < -0.4 is 10.5 Å². The first-order chi connectivity index (χ1) is 10.2. The minimum atomic E-state index is 0. The second-order valence-electron chi connectivity index (χ2n) is 6.15. The normalized spacial score (nSPS) is 24.7. The lowest BCUT2D eigenvalue weighted by Gasteiger charge is -2.28. The van der Waals surface area contributed by atoms with E-state index >= 15 is 0 Å². The number of rotatable bonds is 3. The van der Waals surface area contributed by atoms with E-state index in [1.807, 2.05) is 29.2 Å². The van der Waals surface area contributed by atoms with Crippen molar-refractivity contribution in [1.29, 1.82) is 0 Å². The highest BCUT2D eigenvalue weighted by molar-refractivity contribution is 5.97. The van der Waals surface area contributed by atoms with E-state index in [9.17, 15) is 4.79 Å². The Kier molecular flexibility index (Phi) is 6.09. The summed E-state index contributed by atoms with van der Waals surface area (Å²) in [5, 5.41) is 0. The van der Waals surface area contributed by atoms with Gasteiger partial charge in [0.05, 0.1) is 11.7 Å². The molecule has 1 saturated heterocycles. The Morgan fingerprint density at radius 1 is 1.09 bits per heavy atom. The van der Waals surface area contributed by atoms with Crippen molar-refractivity contribution < 1.29 is 9.53 Å². The lowest BCUT2D eigenvalue weighted by molar-refractivity contribution is 0.0781. The molecule has 1 aromatic rings. The monoisotopic (exact) mass is 324 g/mol. The summed E-state index contributed by atoms with van der Waals surface area (Å²) in [5.41, 5.74) is 6.64. The fraction of sp³-hybridized carbons (Fsp3) is 0.588. The Bertz CT molecular complexity index is 495. The Morgan fingerprint density at radius 2 is 1.73 bits per heavy atom. The van der Waals surface area contributed by atoms with Gasteiger partial charge in [-0.15, -0.1) is 12.4 Å². The summed E-state index contributed by atoms with van der Waals surface area (Å²) in [5.74, 6) is 0.838. The molecule has 4 nitrogen and oxygen atoms in total. The predicted octanol–water partition coefficient (Wildman–Crippen LogP) is 2.99. The maximum absolute atomic E-state index is 12.6. The number of carbonyl (C=O) groups is 1. The molecule has 2 N–H and O–H groups in total. The number of ether oxygens (including phenoxy) is 1. The fourth-order valence-electron chi connectivity index (χ4n) is 3.22. The van der Waals surface area contributed by atoms with Crippen LogP contribution in [-0.4, -0.2) is 36.0 Å². The van der Waals surface area contributed by atoms with Crippen LogP contribution in [0, 0.1) is 0 Å². The second-order valence-corrected chi connectivity index (χ2v) is 6.15. The van der Waals surface area contributed by atoms with E-state index in [1.54, 1.807) is 0 Å². The lowest BCUT2D eigenvalue weighted by atomic mass is 9.93. The molecule has 1 heterocycles. The third-order valence-electron chi connectivity index (χ3n) is 4.52. The zero-order valence-corrected chi connectivity index (χ0v) is 13.7. The van der Waals surface area contributed by atoms with Crippen molar-refractivity contribution in [2.75, 3.05) is 13.1 Å². The summed E-state index contributed by atoms with van der Waals surface area (Å²) in [7, 11) is 0. The summed E-state index contributed by atoms with van der Waals surface area (Å²) < 4.78 is 6.11. The first-order valence-corrected chi connectivity index (χ1v) is 8.04. The SMILES string of the molecule is Cl.NC1CCC(Oc2ccccc2C(=O)N2CCCC2)CC1. The molecule has 22 heavy (non-hydrogen) atoms. The molecule has 0 bridgehead atoms. The summed E-state index contributed by atoms with van der Waals surface area (Å²) in [4.78, 5) is 14.5. The Labute approximate surface area is 138 Å². The van der Waals surface area contributed by atoms with Gasteiger partial charge in [-0.25, -0.2) is 0 Å². The number of hydrogen-bond acceptors (Lipinski definition) is 3. The molecule has 5 heteroatoms. The van der Waals surface area contributed by atoms with Gasteiger partial charge < -0.3 is 15.4 Å². The van der Waals surface area contributed by atoms with Crippen molar-refractivity contribution in [3.63, 3.8) is 0 Å². The summed E-state index contributed by atoms with van der Waals surface area (Å²) in [6, 6.07) is 7.95. The van der Waals surface area contributed by atoms with E-state index in [1.165, 1.54) is 0 Å². The van der Waals surface area contributed by atoms with E-state index in [0.717, 1.165) is 57.4 Å². The molecule has 1 saturated carbocycles. The molecule has 0 aromatic heterocycles. The average Bonchev–Trinajstić information content (AvgIpc) is 3.04. The number of amides is 1. The van der Waals surface area contributed by atoms with Crippen LogP contribution in [-0.2, 0) is 0 Å². The van der Waals surface area contributed by atoms with Crippen LogP contribution in [0.15, 0.2) is 24.3 Å². The average molecular weight is 325 g/mol. The predicted molar refractivity (Wildman–Crippen MR) is 89.7 cm³/mol. The zero-order chi connectivity index (χ0) is 14.7.